The van der Waals surface area contributed by atoms with Gasteiger partial charge in [-0.1, -0.05) is 56.3 Å². The first-order valence-electron chi connectivity index (χ1n) is 11.4. The van der Waals surface area contributed by atoms with Crippen molar-refractivity contribution >= 4 is 11.4 Å². The molecule has 6 nitrogen and oxygen atoms in total. The van der Waals surface area contributed by atoms with Gasteiger partial charge in [0.2, 0.25) is 5.88 Å². The fraction of sp³-hybridized carbons (Fsp3) is 0.385. The van der Waals surface area contributed by atoms with E-state index in [2.05, 4.69) is 40.8 Å². The third-order valence-electron chi connectivity index (χ3n) is 5.91. The molecule has 0 radical (unpaired) electrons. The van der Waals surface area contributed by atoms with Crippen LogP contribution in [0.5, 0.6) is 5.88 Å². The van der Waals surface area contributed by atoms with Crippen LogP contribution in [0.2, 0.25) is 0 Å². The summed E-state index contributed by atoms with van der Waals surface area (Å²) in [4.78, 5) is 19.6. The average molecular weight is 451 g/mol. The Bertz CT molecular complexity index is 1110. The molecule has 2 aromatic rings. The van der Waals surface area contributed by atoms with Crippen LogP contribution < -0.4 is 10.5 Å². The summed E-state index contributed by atoms with van der Waals surface area (Å²) in [6.07, 6.45) is 7.09. The summed E-state index contributed by atoms with van der Waals surface area (Å²) in [7, 11) is 0. The Morgan fingerprint density at radius 2 is 2.18 bits per heavy atom. The number of hydrogen-bond donors (Lipinski definition) is 1. The lowest BCUT2D eigenvalue weighted by Crippen LogP contribution is -2.25. The summed E-state index contributed by atoms with van der Waals surface area (Å²) in [5.74, 6) is -0.284. The molecule has 1 aliphatic carbocycles. The zero-order valence-corrected chi connectivity index (χ0v) is 19.5. The lowest BCUT2D eigenvalue weighted by molar-refractivity contribution is 0.189. The number of aromatic nitrogens is 1. The van der Waals surface area contributed by atoms with Crippen LogP contribution in [-0.4, -0.2) is 23.5 Å². The van der Waals surface area contributed by atoms with Crippen molar-refractivity contribution in [1.82, 2.24) is 4.98 Å². The molecule has 7 heteroatoms. The average Bonchev–Trinajstić information content (AvgIpc) is 2.81. The number of aryl methyl sites for hydroxylation is 1. The molecule has 1 heterocycles. The summed E-state index contributed by atoms with van der Waals surface area (Å²) in [5, 5.41) is 3.00. The highest BCUT2D eigenvalue weighted by atomic mass is 19.1. The number of ether oxygens (including phenoxy) is 1. The van der Waals surface area contributed by atoms with Crippen molar-refractivity contribution in [3.8, 4) is 17.1 Å². The van der Waals surface area contributed by atoms with Crippen LogP contribution in [-0.2, 0) is 6.42 Å². The van der Waals surface area contributed by atoms with Gasteiger partial charge in [0.1, 0.15) is 24.2 Å². The molecule has 0 fully saturated rings. The second kappa shape index (κ2) is 11.0. The van der Waals surface area contributed by atoms with E-state index in [-0.39, 0.29) is 35.1 Å². The highest BCUT2D eigenvalue weighted by molar-refractivity contribution is 6.01. The maximum Gasteiger partial charge on any atom is 0.225 e. The number of fused-ring (bicyclic) bond motifs is 1. The van der Waals surface area contributed by atoms with E-state index in [1.807, 2.05) is 19.1 Å². The normalized spacial score (nSPS) is 14.3. The van der Waals surface area contributed by atoms with Crippen LogP contribution in [0.4, 0.5) is 4.39 Å². The Labute approximate surface area is 194 Å². The molecule has 1 aliphatic rings. The van der Waals surface area contributed by atoms with Gasteiger partial charge in [-0.2, -0.15) is 4.91 Å². The first-order valence-corrected chi connectivity index (χ1v) is 11.4. The zero-order chi connectivity index (χ0) is 24.0. The summed E-state index contributed by atoms with van der Waals surface area (Å²) in [6.45, 7) is 9.25. The lowest BCUT2D eigenvalue weighted by Gasteiger charge is -2.23. The maximum absolute atomic E-state index is 15.8. The SMILES string of the molecule is C=CN=C(N)c1c(OC(CCC)CN=O)nc(-c2cccc3c2C(CC)=CCC3)c(F)c1C. The number of rotatable bonds is 10. The number of pyridine rings is 1. The molecule has 0 spiro atoms. The maximum atomic E-state index is 15.8. The van der Waals surface area contributed by atoms with E-state index < -0.39 is 11.9 Å². The summed E-state index contributed by atoms with van der Waals surface area (Å²) in [6, 6.07) is 5.90. The van der Waals surface area contributed by atoms with Crippen LogP contribution >= 0.6 is 0 Å². The fourth-order valence-electron chi connectivity index (χ4n) is 4.34. The molecular weight excluding hydrogens is 419 g/mol. The van der Waals surface area contributed by atoms with E-state index in [1.165, 1.54) is 17.3 Å². The van der Waals surface area contributed by atoms with Crippen LogP contribution in [0, 0.1) is 17.6 Å². The quantitative estimate of drug-likeness (QED) is 0.269. The largest absolute Gasteiger partial charge is 0.472 e. The number of nitroso groups, excluding NO2 is 1. The van der Waals surface area contributed by atoms with Gasteiger partial charge < -0.3 is 10.5 Å². The molecule has 0 saturated heterocycles. The molecule has 33 heavy (non-hydrogen) atoms. The molecule has 2 N–H and O–H groups in total. The lowest BCUT2D eigenvalue weighted by atomic mass is 9.84. The molecule has 0 amide bonds. The van der Waals surface area contributed by atoms with E-state index in [4.69, 9.17) is 10.5 Å². The number of nitrogens with two attached hydrogens (primary N) is 1. The highest BCUT2D eigenvalue weighted by Gasteiger charge is 2.26. The van der Waals surface area contributed by atoms with Gasteiger partial charge in [0, 0.05) is 17.3 Å². The van der Waals surface area contributed by atoms with Gasteiger partial charge in [-0.15, -0.1) is 0 Å². The van der Waals surface area contributed by atoms with Crippen molar-refractivity contribution in [2.24, 2.45) is 15.9 Å². The van der Waals surface area contributed by atoms with Crippen LogP contribution in [0.25, 0.3) is 16.8 Å². The van der Waals surface area contributed by atoms with Gasteiger partial charge in [-0.05, 0) is 49.3 Å². The van der Waals surface area contributed by atoms with Crippen molar-refractivity contribution < 1.29 is 9.13 Å². The molecule has 1 aromatic carbocycles. The van der Waals surface area contributed by atoms with Gasteiger partial charge in [0.25, 0.3) is 0 Å². The van der Waals surface area contributed by atoms with Crippen LogP contribution in [0.3, 0.4) is 0 Å². The van der Waals surface area contributed by atoms with E-state index >= 15 is 4.39 Å². The predicted octanol–water partition coefficient (Wildman–Crippen LogP) is 6.10. The molecule has 3 rings (SSSR count). The third kappa shape index (κ3) is 5.02. The van der Waals surface area contributed by atoms with E-state index in [0.29, 0.717) is 6.42 Å². The van der Waals surface area contributed by atoms with Crippen LogP contribution in [0.1, 0.15) is 61.8 Å². The number of hydrogen-bond acceptors (Lipinski definition) is 5. The number of amidine groups is 1. The first-order chi connectivity index (χ1) is 16.0. The predicted molar refractivity (Wildman–Crippen MR) is 132 cm³/mol. The molecule has 0 bridgehead atoms. The second-order valence-corrected chi connectivity index (χ2v) is 8.08. The number of allylic oxidation sites excluding steroid dienone is 2. The number of halogens is 1. The minimum absolute atomic E-state index is 0.0390. The van der Waals surface area contributed by atoms with Crippen molar-refractivity contribution in [3.63, 3.8) is 0 Å². The van der Waals surface area contributed by atoms with Crippen molar-refractivity contribution in [2.75, 3.05) is 6.54 Å². The van der Waals surface area contributed by atoms with E-state index in [9.17, 15) is 4.91 Å². The van der Waals surface area contributed by atoms with Gasteiger partial charge in [0.05, 0.1) is 5.56 Å². The van der Waals surface area contributed by atoms with Gasteiger partial charge in [-0.25, -0.2) is 14.4 Å². The molecule has 1 aromatic heterocycles. The van der Waals surface area contributed by atoms with Crippen LogP contribution in [0.15, 0.2) is 47.2 Å². The van der Waals surface area contributed by atoms with Crippen molar-refractivity contribution in [2.45, 2.75) is 59.0 Å². The zero-order valence-electron chi connectivity index (χ0n) is 19.5. The molecular formula is C26H31FN4O2. The minimum Gasteiger partial charge on any atom is -0.472 e. The Morgan fingerprint density at radius 3 is 2.85 bits per heavy atom. The Balaban J connectivity index is 2.27. The smallest absolute Gasteiger partial charge is 0.225 e. The number of aliphatic imine (C=N–C) groups is 1. The van der Waals surface area contributed by atoms with Crippen molar-refractivity contribution in [3.05, 3.63) is 70.0 Å². The minimum atomic E-state index is -0.497. The second-order valence-electron chi connectivity index (χ2n) is 8.08. The number of nitrogens with zero attached hydrogens (tertiary/aromatic N) is 3. The van der Waals surface area contributed by atoms with Gasteiger partial charge in [0.15, 0.2) is 5.82 Å². The summed E-state index contributed by atoms with van der Waals surface area (Å²) in [5.41, 5.74) is 11.0. The molecule has 0 saturated carbocycles. The first kappa shape index (κ1) is 24.3. The Morgan fingerprint density at radius 1 is 1.39 bits per heavy atom. The Hall–Kier alpha value is -3.35. The third-order valence-corrected chi connectivity index (χ3v) is 5.91. The summed E-state index contributed by atoms with van der Waals surface area (Å²) >= 11 is 0. The molecule has 0 aliphatic heterocycles. The highest BCUT2D eigenvalue weighted by Crippen LogP contribution is 2.39. The standard InChI is InChI=1S/C26H31FN4O2/c1-5-10-19(15-30-32)33-26-21(25(28)29-7-3)16(4)23(27)24(31-26)20-14-9-13-18-12-8-11-17(6-2)22(18)20/h7,9,11,13-14,19H,3,5-6,8,10,12,15H2,1-2,4H3,(H2,28,29). The van der Waals surface area contributed by atoms with Crippen molar-refractivity contribution in [1.29, 1.82) is 0 Å². The monoisotopic (exact) mass is 450 g/mol. The van der Waals surface area contributed by atoms with Gasteiger partial charge >= 0.3 is 0 Å². The fourth-order valence-corrected chi connectivity index (χ4v) is 4.34. The van der Waals surface area contributed by atoms with E-state index in [1.54, 1.807) is 6.92 Å². The molecule has 1 atom stereocenters. The Kier molecular flexibility index (Phi) is 8.09. The number of benzene rings is 1. The topological polar surface area (TPSA) is 89.9 Å². The summed E-state index contributed by atoms with van der Waals surface area (Å²) < 4.78 is 21.9. The van der Waals surface area contributed by atoms with Gasteiger partial charge in [-0.3, -0.25) is 0 Å². The molecule has 1 unspecified atom stereocenters. The van der Waals surface area contributed by atoms with E-state index in [0.717, 1.165) is 36.8 Å². The molecule has 174 valence electrons.